The van der Waals surface area contributed by atoms with E-state index in [9.17, 15) is 29.3 Å². The molecule has 0 aliphatic carbocycles. The van der Waals surface area contributed by atoms with Gasteiger partial charge < -0.3 is 14.2 Å². The number of anilines is 1. The lowest BCUT2D eigenvalue weighted by Gasteiger charge is -2.26. The van der Waals surface area contributed by atoms with Crippen LogP contribution < -0.4 is 19.7 Å². The Hall–Kier alpha value is -4.79. The van der Waals surface area contributed by atoms with Crippen molar-refractivity contribution in [3.63, 3.8) is 0 Å². The van der Waals surface area contributed by atoms with Gasteiger partial charge in [-0.15, -0.1) is 0 Å². The minimum atomic E-state index is -0.928. The van der Waals surface area contributed by atoms with Gasteiger partial charge in [-0.05, 0) is 95.2 Å². The standard InChI is InChI=1S/C28H22IN3O9/c1-3-40-27(35)18-6-10-19(11-7-18)31-26(34)21(25(33)30-28(31)36)12-17-13-22(29)24(23(14-17)39-2)41-15-16-4-8-20(9-5-16)32(37)38/h4-14H,3,15H2,1-2H3,(H,30,33,36)/b21-12+. The first-order valence-electron chi connectivity index (χ1n) is 12.0. The highest BCUT2D eigenvalue weighted by molar-refractivity contribution is 14.1. The second-order valence-electron chi connectivity index (χ2n) is 8.47. The van der Waals surface area contributed by atoms with E-state index in [0.29, 0.717) is 26.2 Å². The molecule has 0 radical (unpaired) electrons. The van der Waals surface area contributed by atoms with Crippen LogP contribution in [0.4, 0.5) is 16.2 Å². The molecule has 4 rings (SSSR count). The lowest BCUT2D eigenvalue weighted by Crippen LogP contribution is -2.54. The fraction of sp³-hybridized carbons (Fsp3) is 0.143. The second kappa shape index (κ2) is 12.6. The van der Waals surface area contributed by atoms with Crippen LogP contribution in [0.3, 0.4) is 0 Å². The molecule has 0 spiro atoms. The van der Waals surface area contributed by atoms with Gasteiger partial charge in [-0.2, -0.15) is 0 Å². The molecule has 12 nitrogen and oxygen atoms in total. The molecule has 1 saturated heterocycles. The molecule has 0 aromatic heterocycles. The van der Waals surface area contributed by atoms with E-state index in [0.717, 1.165) is 4.90 Å². The lowest BCUT2D eigenvalue weighted by atomic mass is 10.1. The number of benzene rings is 3. The molecule has 0 unspecified atom stereocenters. The number of amides is 4. The monoisotopic (exact) mass is 671 g/mol. The Morgan fingerprint density at radius 2 is 1.76 bits per heavy atom. The minimum absolute atomic E-state index is 0.0337. The summed E-state index contributed by atoms with van der Waals surface area (Å²) in [5.41, 5.74) is 1.19. The number of non-ortho nitro benzene ring substituents is 1. The summed E-state index contributed by atoms with van der Waals surface area (Å²) in [5, 5.41) is 13.0. The first-order valence-corrected chi connectivity index (χ1v) is 13.1. The lowest BCUT2D eigenvalue weighted by molar-refractivity contribution is -0.384. The van der Waals surface area contributed by atoms with E-state index >= 15 is 0 Å². The third-order valence-electron chi connectivity index (χ3n) is 5.83. The highest BCUT2D eigenvalue weighted by Gasteiger charge is 2.37. The van der Waals surface area contributed by atoms with Crippen molar-refractivity contribution >= 4 is 63.9 Å². The third-order valence-corrected chi connectivity index (χ3v) is 6.63. The van der Waals surface area contributed by atoms with E-state index in [-0.39, 0.29) is 35.7 Å². The van der Waals surface area contributed by atoms with Gasteiger partial charge in [0.05, 0.1) is 33.5 Å². The number of urea groups is 1. The van der Waals surface area contributed by atoms with Crippen molar-refractivity contribution in [1.29, 1.82) is 0 Å². The molecule has 1 aliphatic rings. The maximum absolute atomic E-state index is 13.3. The van der Waals surface area contributed by atoms with Crippen LogP contribution in [0, 0.1) is 13.7 Å². The number of carbonyl (C=O) groups excluding carboxylic acids is 4. The van der Waals surface area contributed by atoms with E-state index in [1.807, 2.05) is 22.6 Å². The number of ether oxygens (including phenoxy) is 3. The van der Waals surface area contributed by atoms with E-state index in [1.165, 1.54) is 49.6 Å². The van der Waals surface area contributed by atoms with Crippen LogP contribution in [0.2, 0.25) is 0 Å². The first-order chi connectivity index (χ1) is 19.6. The number of esters is 1. The molecule has 41 heavy (non-hydrogen) atoms. The van der Waals surface area contributed by atoms with Crippen molar-refractivity contribution in [3.8, 4) is 11.5 Å². The summed E-state index contributed by atoms with van der Waals surface area (Å²) >= 11 is 2.02. The summed E-state index contributed by atoms with van der Waals surface area (Å²) in [7, 11) is 1.43. The smallest absolute Gasteiger partial charge is 0.338 e. The van der Waals surface area contributed by atoms with Crippen molar-refractivity contribution in [2.45, 2.75) is 13.5 Å². The average Bonchev–Trinajstić information content (AvgIpc) is 2.95. The number of nitro benzene ring substituents is 1. The molecule has 4 amide bonds. The van der Waals surface area contributed by atoms with Crippen molar-refractivity contribution in [1.82, 2.24) is 5.32 Å². The van der Waals surface area contributed by atoms with Gasteiger partial charge in [-0.1, -0.05) is 0 Å². The summed E-state index contributed by atoms with van der Waals surface area (Å²) in [4.78, 5) is 61.6. The summed E-state index contributed by atoms with van der Waals surface area (Å²) in [6.07, 6.45) is 1.33. The number of imide groups is 2. The molecule has 0 atom stereocenters. The maximum Gasteiger partial charge on any atom is 0.338 e. The Labute approximate surface area is 247 Å². The minimum Gasteiger partial charge on any atom is -0.493 e. The van der Waals surface area contributed by atoms with E-state index in [2.05, 4.69) is 5.32 Å². The highest BCUT2D eigenvalue weighted by Crippen LogP contribution is 2.35. The van der Waals surface area contributed by atoms with E-state index < -0.39 is 28.7 Å². The zero-order valence-electron chi connectivity index (χ0n) is 21.7. The van der Waals surface area contributed by atoms with Crippen molar-refractivity contribution in [2.75, 3.05) is 18.6 Å². The second-order valence-corrected chi connectivity index (χ2v) is 9.63. The number of hydrogen-bond acceptors (Lipinski definition) is 9. The van der Waals surface area contributed by atoms with Gasteiger partial charge in [0.1, 0.15) is 12.2 Å². The van der Waals surface area contributed by atoms with Gasteiger partial charge in [-0.3, -0.25) is 25.0 Å². The van der Waals surface area contributed by atoms with Crippen LogP contribution in [-0.2, 0) is 20.9 Å². The number of barbiturate groups is 1. The number of nitrogens with one attached hydrogen (secondary N) is 1. The van der Waals surface area contributed by atoms with Gasteiger partial charge in [-0.25, -0.2) is 14.5 Å². The SMILES string of the molecule is CCOC(=O)c1ccc(N2C(=O)NC(=O)/C(=C\c3cc(I)c(OCc4ccc([N+](=O)[O-])cc4)c(OC)c3)C2=O)cc1. The topological polar surface area (TPSA) is 154 Å². The van der Waals surface area contributed by atoms with Crippen molar-refractivity contribution in [2.24, 2.45) is 0 Å². The number of nitro groups is 1. The summed E-state index contributed by atoms with van der Waals surface area (Å²) in [5.74, 6) is -1.56. The third kappa shape index (κ3) is 6.51. The number of hydrogen-bond donors (Lipinski definition) is 1. The quantitative estimate of drug-likeness (QED) is 0.0857. The average molecular weight is 671 g/mol. The molecule has 13 heteroatoms. The number of carbonyl (C=O) groups is 4. The number of methoxy groups -OCH3 is 1. The molecule has 0 saturated carbocycles. The van der Waals surface area contributed by atoms with Crippen LogP contribution >= 0.6 is 22.6 Å². The molecule has 3 aromatic carbocycles. The van der Waals surface area contributed by atoms with Crippen molar-refractivity contribution in [3.05, 3.63) is 96.6 Å². The maximum atomic E-state index is 13.3. The molecule has 3 aromatic rings. The molecule has 0 bridgehead atoms. The van der Waals surface area contributed by atoms with E-state index in [1.54, 1.807) is 31.2 Å². The molecule has 1 N–H and O–H groups in total. The van der Waals surface area contributed by atoms with Crippen LogP contribution in [0.15, 0.2) is 66.2 Å². The van der Waals surface area contributed by atoms with Gasteiger partial charge in [0.25, 0.3) is 17.5 Å². The van der Waals surface area contributed by atoms with Gasteiger partial charge in [0.15, 0.2) is 11.5 Å². The molecular weight excluding hydrogens is 649 g/mol. The molecule has 210 valence electrons. The Kier molecular flexibility index (Phi) is 8.97. The van der Waals surface area contributed by atoms with Crippen LogP contribution in [-0.4, -0.2) is 42.5 Å². The Morgan fingerprint density at radius 1 is 1.07 bits per heavy atom. The van der Waals surface area contributed by atoms with Crippen LogP contribution in [0.25, 0.3) is 6.08 Å². The number of nitrogens with zero attached hydrogens (tertiary/aromatic N) is 2. The zero-order chi connectivity index (χ0) is 29.7. The summed E-state index contributed by atoms with van der Waals surface area (Å²) in [6, 6.07) is 13.9. The predicted molar refractivity (Wildman–Crippen MR) is 155 cm³/mol. The molecular formula is C28H22IN3O9. The van der Waals surface area contributed by atoms with Gasteiger partial charge in [0, 0.05) is 12.1 Å². The van der Waals surface area contributed by atoms with Gasteiger partial charge in [0.2, 0.25) is 0 Å². The largest absolute Gasteiger partial charge is 0.493 e. The molecule has 1 fully saturated rings. The number of rotatable bonds is 9. The fourth-order valence-corrected chi connectivity index (χ4v) is 4.63. The number of halogens is 1. The summed E-state index contributed by atoms with van der Waals surface area (Å²) < 4.78 is 16.9. The van der Waals surface area contributed by atoms with Crippen LogP contribution in [0.1, 0.15) is 28.4 Å². The zero-order valence-corrected chi connectivity index (χ0v) is 23.9. The Bertz CT molecular complexity index is 1570. The fourth-order valence-electron chi connectivity index (χ4n) is 3.85. The Balaban J connectivity index is 1.58. The van der Waals surface area contributed by atoms with Crippen molar-refractivity contribution < 1.29 is 38.3 Å². The predicted octanol–water partition coefficient (Wildman–Crippen LogP) is 4.63. The molecule has 1 heterocycles. The molecule has 1 aliphatic heterocycles. The van der Waals surface area contributed by atoms with Gasteiger partial charge >= 0.3 is 12.0 Å². The highest BCUT2D eigenvalue weighted by atomic mass is 127. The van der Waals surface area contributed by atoms with E-state index in [4.69, 9.17) is 14.2 Å². The Morgan fingerprint density at radius 3 is 2.37 bits per heavy atom. The summed E-state index contributed by atoms with van der Waals surface area (Å²) in [6.45, 7) is 1.98. The first kappa shape index (κ1) is 29.2. The van der Waals surface area contributed by atoms with Crippen LogP contribution in [0.5, 0.6) is 11.5 Å². The normalized spacial score (nSPS) is 14.1.